The van der Waals surface area contributed by atoms with Gasteiger partial charge in [0.1, 0.15) is 5.82 Å². The van der Waals surface area contributed by atoms with E-state index < -0.39 is 0 Å². The van der Waals surface area contributed by atoms with Crippen LogP contribution in [0.15, 0.2) is 47.6 Å². The molecule has 0 bridgehead atoms. The summed E-state index contributed by atoms with van der Waals surface area (Å²) in [4.78, 5) is 25.6. The highest BCUT2D eigenvalue weighted by Crippen LogP contribution is 2.31. The van der Waals surface area contributed by atoms with Crippen molar-refractivity contribution < 1.29 is 4.79 Å². The second-order valence-corrected chi connectivity index (χ2v) is 8.16. The number of carbonyl (C=O) groups is 1. The van der Waals surface area contributed by atoms with Gasteiger partial charge in [0.2, 0.25) is 5.91 Å². The number of para-hydroxylation sites is 1. The summed E-state index contributed by atoms with van der Waals surface area (Å²) in [7, 11) is 3.92. The number of amides is 1. The summed E-state index contributed by atoms with van der Waals surface area (Å²) >= 11 is 0. The third-order valence-corrected chi connectivity index (χ3v) is 5.94. The predicted molar refractivity (Wildman–Crippen MR) is 140 cm³/mol. The van der Waals surface area contributed by atoms with E-state index in [1.807, 2.05) is 30.5 Å². The van der Waals surface area contributed by atoms with E-state index in [-0.39, 0.29) is 35.8 Å². The van der Waals surface area contributed by atoms with Gasteiger partial charge in [-0.3, -0.25) is 9.79 Å². The number of hydrogen-bond acceptors (Lipinski definition) is 5. The Balaban J connectivity index is 0.00000289. The molecule has 3 heterocycles. The SMILES string of the molecule is CN=C(NCc1ccnc(N2CCN(C)CC2)c1)NCC1CC(=O)Nc2ccccc21.I. The number of rotatable bonds is 5. The normalized spacial score (nSPS) is 18.9. The molecule has 0 aliphatic carbocycles. The maximum atomic E-state index is 12.0. The minimum atomic E-state index is 0. The van der Waals surface area contributed by atoms with Crippen molar-refractivity contribution in [2.75, 3.05) is 57.0 Å². The van der Waals surface area contributed by atoms with Gasteiger partial charge in [-0.25, -0.2) is 4.98 Å². The number of aliphatic imine (C=N–C) groups is 1. The molecule has 0 spiro atoms. The molecule has 1 atom stereocenters. The lowest BCUT2D eigenvalue weighted by Crippen LogP contribution is -2.44. The smallest absolute Gasteiger partial charge is 0.225 e. The Morgan fingerprint density at radius 2 is 1.97 bits per heavy atom. The monoisotopic (exact) mass is 549 g/mol. The fourth-order valence-electron chi connectivity index (χ4n) is 4.09. The van der Waals surface area contributed by atoms with E-state index in [0.717, 1.165) is 54.8 Å². The number of nitrogens with zero attached hydrogens (tertiary/aromatic N) is 4. The van der Waals surface area contributed by atoms with E-state index in [2.05, 4.69) is 54.9 Å². The first-order valence-corrected chi connectivity index (χ1v) is 10.8. The van der Waals surface area contributed by atoms with Crippen molar-refractivity contribution in [3.8, 4) is 0 Å². The molecule has 8 nitrogen and oxygen atoms in total. The minimum absolute atomic E-state index is 0. The van der Waals surface area contributed by atoms with Crippen LogP contribution < -0.4 is 20.9 Å². The molecule has 0 saturated carbocycles. The first-order valence-electron chi connectivity index (χ1n) is 10.8. The average molecular weight is 549 g/mol. The Morgan fingerprint density at radius 1 is 1.19 bits per heavy atom. The lowest BCUT2D eigenvalue weighted by Gasteiger charge is -2.33. The summed E-state index contributed by atoms with van der Waals surface area (Å²) in [5.74, 6) is 1.93. The zero-order valence-electron chi connectivity index (χ0n) is 18.7. The molecule has 3 N–H and O–H groups in total. The lowest BCUT2D eigenvalue weighted by atomic mass is 9.90. The number of carbonyl (C=O) groups excluding carboxylic acids is 1. The van der Waals surface area contributed by atoms with Crippen LogP contribution in [-0.4, -0.2) is 68.6 Å². The molecule has 0 radical (unpaired) electrons. The predicted octanol–water partition coefficient (Wildman–Crippen LogP) is 2.24. The largest absolute Gasteiger partial charge is 0.356 e. The first kappa shape index (κ1) is 24.2. The number of benzene rings is 1. The van der Waals surface area contributed by atoms with E-state index in [4.69, 9.17) is 0 Å². The van der Waals surface area contributed by atoms with Gasteiger partial charge in [-0.1, -0.05) is 18.2 Å². The van der Waals surface area contributed by atoms with Crippen LogP contribution >= 0.6 is 24.0 Å². The van der Waals surface area contributed by atoms with Gasteiger partial charge in [-0.2, -0.15) is 0 Å². The van der Waals surface area contributed by atoms with Crippen LogP contribution in [-0.2, 0) is 11.3 Å². The van der Waals surface area contributed by atoms with Crippen LogP contribution in [0, 0.1) is 0 Å². The number of aromatic nitrogens is 1. The van der Waals surface area contributed by atoms with Crippen molar-refractivity contribution in [1.29, 1.82) is 0 Å². The van der Waals surface area contributed by atoms with E-state index in [1.54, 1.807) is 7.05 Å². The number of likely N-dealkylation sites (N-methyl/N-ethyl adjacent to an activating group) is 1. The van der Waals surface area contributed by atoms with Crippen molar-refractivity contribution in [2.45, 2.75) is 18.9 Å². The molecule has 1 saturated heterocycles. The highest BCUT2D eigenvalue weighted by Gasteiger charge is 2.24. The standard InChI is InChI=1S/C23H31N7O.HI/c1-24-23(27-16-18-14-22(31)28-20-6-4-3-5-19(18)20)26-15-17-7-8-25-21(13-17)30-11-9-29(2)10-12-30;/h3-8,13,18H,9-12,14-16H2,1-2H3,(H,28,31)(H2,24,26,27);1H. The Hall–Kier alpha value is -2.40. The number of anilines is 2. The molecule has 32 heavy (non-hydrogen) atoms. The highest BCUT2D eigenvalue weighted by atomic mass is 127. The minimum Gasteiger partial charge on any atom is -0.356 e. The molecular formula is C23H32IN7O. The number of hydrogen-bond donors (Lipinski definition) is 3. The summed E-state index contributed by atoms with van der Waals surface area (Å²) in [6.07, 6.45) is 2.35. The van der Waals surface area contributed by atoms with Crippen LogP contribution in [0.5, 0.6) is 0 Å². The summed E-state index contributed by atoms with van der Waals surface area (Å²) in [5.41, 5.74) is 3.23. The molecule has 2 aromatic rings. The fourth-order valence-corrected chi connectivity index (χ4v) is 4.09. The lowest BCUT2D eigenvalue weighted by molar-refractivity contribution is -0.116. The van der Waals surface area contributed by atoms with E-state index in [9.17, 15) is 4.79 Å². The molecule has 1 fully saturated rings. The van der Waals surface area contributed by atoms with Gasteiger partial charge in [0.25, 0.3) is 0 Å². The zero-order valence-corrected chi connectivity index (χ0v) is 21.0. The molecule has 1 aromatic carbocycles. The maximum absolute atomic E-state index is 12.0. The van der Waals surface area contributed by atoms with Crippen molar-refractivity contribution in [1.82, 2.24) is 20.5 Å². The van der Waals surface area contributed by atoms with Crippen LogP contribution in [0.1, 0.15) is 23.5 Å². The quantitative estimate of drug-likeness (QED) is 0.302. The van der Waals surface area contributed by atoms with Crippen molar-refractivity contribution in [2.24, 2.45) is 4.99 Å². The molecule has 2 aliphatic rings. The van der Waals surface area contributed by atoms with Gasteiger partial charge in [0, 0.05) is 70.5 Å². The van der Waals surface area contributed by atoms with E-state index in [0.29, 0.717) is 19.5 Å². The fraction of sp³-hybridized carbons (Fsp3) is 0.435. The van der Waals surface area contributed by atoms with Gasteiger partial charge in [-0.05, 0) is 36.4 Å². The van der Waals surface area contributed by atoms with Crippen LogP contribution in [0.4, 0.5) is 11.5 Å². The maximum Gasteiger partial charge on any atom is 0.225 e. The summed E-state index contributed by atoms with van der Waals surface area (Å²) < 4.78 is 0. The summed E-state index contributed by atoms with van der Waals surface area (Å²) in [6.45, 7) is 5.42. The van der Waals surface area contributed by atoms with Gasteiger partial charge in [-0.15, -0.1) is 24.0 Å². The first-order chi connectivity index (χ1) is 15.1. The molecule has 172 valence electrons. The molecule has 1 unspecified atom stereocenters. The second kappa shape index (κ2) is 11.5. The third-order valence-electron chi connectivity index (χ3n) is 5.94. The second-order valence-electron chi connectivity index (χ2n) is 8.16. The van der Waals surface area contributed by atoms with Crippen molar-refractivity contribution in [3.05, 3.63) is 53.7 Å². The number of nitrogens with one attached hydrogen (secondary N) is 3. The third kappa shape index (κ3) is 6.10. The molecule has 1 amide bonds. The molecule has 4 rings (SSSR count). The average Bonchev–Trinajstić information content (AvgIpc) is 2.79. The molecule has 2 aliphatic heterocycles. The number of piperazine rings is 1. The van der Waals surface area contributed by atoms with Gasteiger partial charge in [0.05, 0.1) is 0 Å². The summed E-state index contributed by atoms with van der Waals surface area (Å²) in [5, 5.41) is 9.71. The van der Waals surface area contributed by atoms with E-state index >= 15 is 0 Å². The van der Waals surface area contributed by atoms with Crippen molar-refractivity contribution in [3.63, 3.8) is 0 Å². The van der Waals surface area contributed by atoms with E-state index in [1.165, 1.54) is 0 Å². The number of halogens is 1. The number of fused-ring (bicyclic) bond motifs is 1. The van der Waals surface area contributed by atoms with Crippen molar-refractivity contribution >= 4 is 47.3 Å². The molecular weight excluding hydrogens is 517 g/mol. The molecule has 1 aromatic heterocycles. The Morgan fingerprint density at radius 3 is 2.75 bits per heavy atom. The highest BCUT2D eigenvalue weighted by molar-refractivity contribution is 14.0. The van der Waals surface area contributed by atoms with Gasteiger partial charge in [0.15, 0.2) is 5.96 Å². The van der Waals surface area contributed by atoms with Gasteiger partial charge < -0.3 is 25.8 Å². The topological polar surface area (TPSA) is 84.9 Å². The number of pyridine rings is 1. The Bertz CT molecular complexity index is 943. The summed E-state index contributed by atoms with van der Waals surface area (Å²) in [6, 6.07) is 12.2. The number of guanidine groups is 1. The Kier molecular flexibility index (Phi) is 8.68. The van der Waals surface area contributed by atoms with Gasteiger partial charge >= 0.3 is 0 Å². The van der Waals surface area contributed by atoms with Crippen LogP contribution in [0.25, 0.3) is 0 Å². The van der Waals surface area contributed by atoms with Crippen LogP contribution in [0.3, 0.4) is 0 Å². The molecule has 9 heteroatoms. The Labute approximate surface area is 206 Å². The zero-order chi connectivity index (χ0) is 21.6. The van der Waals surface area contributed by atoms with Crippen LogP contribution in [0.2, 0.25) is 0 Å².